The summed E-state index contributed by atoms with van der Waals surface area (Å²) in [5.41, 5.74) is 6.12. The fourth-order valence-electron chi connectivity index (χ4n) is 1.63. The summed E-state index contributed by atoms with van der Waals surface area (Å²) < 4.78 is 4.31. The van der Waals surface area contributed by atoms with Crippen molar-refractivity contribution in [1.82, 2.24) is 15.0 Å². The van der Waals surface area contributed by atoms with Crippen LogP contribution in [0.3, 0.4) is 0 Å². The quantitative estimate of drug-likeness (QED) is 0.410. The van der Waals surface area contributed by atoms with E-state index in [-0.39, 0.29) is 24.3 Å². The van der Waals surface area contributed by atoms with Gasteiger partial charge in [-0.1, -0.05) is 5.06 Å². The van der Waals surface area contributed by atoms with Crippen molar-refractivity contribution in [3.8, 4) is 0 Å². The number of rotatable bonds is 4. The molecule has 2 amide bonds. The van der Waals surface area contributed by atoms with Crippen molar-refractivity contribution in [3.63, 3.8) is 0 Å². The van der Waals surface area contributed by atoms with Gasteiger partial charge in [-0.3, -0.25) is 14.4 Å². The van der Waals surface area contributed by atoms with Gasteiger partial charge in [0.15, 0.2) is 0 Å². The molecule has 1 fully saturated rings. The Labute approximate surface area is 118 Å². The van der Waals surface area contributed by atoms with Crippen LogP contribution in [0.25, 0.3) is 0 Å². The Morgan fingerprint density at radius 3 is 2.62 bits per heavy atom. The van der Waals surface area contributed by atoms with Gasteiger partial charge in [0.1, 0.15) is 6.04 Å². The summed E-state index contributed by atoms with van der Waals surface area (Å²) in [5.74, 6) is -2.40. The highest BCUT2D eigenvalue weighted by Gasteiger charge is 2.34. The zero-order valence-electron chi connectivity index (χ0n) is 10.8. The average Bonchev–Trinajstić information content (AvgIpc) is 3.03. The molecule has 1 aromatic rings. The second kappa shape index (κ2) is 6.13. The van der Waals surface area contributed by atoms with Gasteiger partial charge in [-0.05, 0) is 0 Å². The molecule has 10 heteroatoms. The third-order valence-electron chi connectivity index (χ3n) is 2.65. The number of amides is 2. The number of H-pyrrole nitrogens is 1. The largest absolute Gasteiger partial charge is 0.541 e. The second-order valence-electron chi connectivity index (χ2n) is 4.23. The van der Waals surface area contributed by atoms with Crippen molar-refractivity contribution in [3.05, 3.63) is 18.2 Å². The van der Waals surface area contributed by atoms with Crippen molar-refractivity contribution in [1.29, 1.82) is 0 Å². The van der Waals surface area contributed by atoms with Crippen LogP contribution < -0.4 is 5.73 Å². The van der Waals surface area contributed by atoms with E-state index in [1.807, 2.05) is 0 Å². The predicted molar refractivity (Wildman–Crippen MR) is 63.9 cm³/mol. The van der Waals surface area contributed by atoms with Gasteiger partial charge in [0.05, 0.1) is 6.33 Å². The number of hydrogen-bond donors (Lipinski definition) is 2. The summed E-state index contributed by atoms with van der Waals surface area (Å²) >= 11 is 0. The summed E-state index contributed by atoms with van der Waals surface area (Å²) in [6.45, 7) is 0. The second-order valence-corrected chi connectivity index (χ2v) is 4.23. The van der Waals surface area contributed by atoms with E-state index in [2.05, 4.69) is 19.5 Å². The van der Waals surface area contributed by atoms with Crippen LogP contribution in [-0.4, -0.2) is 45.0 Å². The fraction of sp³-hybridized carbons (Fsp3) is 0.364. The summed E-state index contributed by atoms with van der Waals surface area (Å²) in [6, 6.07) is -1.12. The molecule has 1 atom stereocenters. The highest BCUT2D eigenvalue weighted by Crippen LogP contribution is 2.12. The average molecular weight is 296 g/mol. The molecule has 2 rings (SSSR count). The number of carbonyl (C=O) groups excluding carboxylic acids is 4. The number of nitrogens with one attached hydrogen (secondary N) is 1. The molecule has 10 nitrogen and oxygen atoms in total. The molecular weight excluding hydrogens is 284 g/mol. The number of nitrogens with zero attached hydrogens (tertiary/aromatic N) is 2. The highest BCUT2D eigenvalue weighted by molar-refractivity contribution is 6.01. The molecule has 1 aliphatic heterocycles. The van der Waals surface area contributed by atoms with Crippen LogP contribution in [0, 0.1) is 0 Å². The molecule has 1 aliphatic rings. The molecule has 0 saturated carbocycles. The van der Waals surface area contributed by atoms with E-state index in [4.69, 9.17) is 5.73 Å². The van der Waals surface area contributed by atoms with E-state index >= 15 is 0 Å². The molecule has 1 aromatic heterocycles. The molecule has 112 valence electrons. The molecule has 2 heterocycles. The van der Waals surface area contributed by atoms with E-state index in [9.17, 15) is 19.2 Å². The van der Waals surface area contributed by atoms with E-state index in [1.165, 1.54) is 12.5 Å². The minimum absolute atomic E-state index is 0.0562. The number of imidazole rings is 1. The summed E-state index contributed by atoms with van der Waals surface area (Å²) in [4.78, 5) is 56.1. The minimum Gasteiger partial charge on any atom is -0.358 e. The molecule has 21 heavy (non-hydrogen) atoms. The maximum absolute atomic E-state index is 11.5. The Bertz CT molecular complexity index is 553. The van der Waals surface area contributed by atoms with Crippen LogP contribution in [0.15, 0.2) is 12.5 Å². The van der Waals surface area contributed by atoms with Crippen LogP contribution in [0.1, 0.15) is 18.5 Å². The molecule has 3 N–H and O–H groups in total. The lowest BCUT2D eigenvalue weighted by Gasteiger charge is -2.13. The van der Waals surface area contributed by atoms with Crippen molar-refractivity contribution in [2.24, 2.45) is 5.73 Å². The SMILES string of the molecule is N[C@@H](Cc1cnc[nH]1)C(=O)OC(=O)ON1C(=O)CCC1=O. The van der Waals surface area contributed by atoms with Gasteiger partial charge in [0.2, 0.25) is 0 Å². The van der Waals surface area contributed by atoms with Crippen LogP contribution in [0.2, 0.25) is 0 Å². The Hall–Kier alpha value is -2.75. The molecule has 0 bridgehead atoms. The predicted octanol–water partition coefficient (Wildman–Crippen LogP) is -0.977. The molecule has 0 spiro atoms. The normalized spacial score (nSPS) is 16.0. The van der Waals surface area contributed by atoms with Gasteiger partial charge in [-0.25, -0.2) is 14.6 Å². The van der Waals surface area contributed by atoms with Gasteiger partial charge in [-0.2, -0.15) is 0 Å². The number of carbonyl (C=O) groups is 4. The van der Waals surface area contributed by atoms with Crippen molar-refractivity contribution < 1.29 is 28.8 Å². The van der Waals surface area contributed by atoms with E-state index < -0.39 is 30.0 Å². The lowest BCUT2D eigenvalue weighted by Crippen LogP contribution is -2.38. The Kier molecular flexibility index (Phi) is 4.28. The number of ether oxygens (including phenoxy) is 1. The summed E-state index contributed by atoms with van der Waals surface area (Å²) in [6.07, 6.45) is 1.36. The molecule has 1 saturated heterocycles. The van der Waals surface area contributed by atoms with E-state index in [0.29, 0.717) is 5.69 Å². The molecule has 0 unspecified atom stereocenters. The lowest BCUT2D eigenvalue weighted by molar-refractivity contribution is -0.179. The Morgan fingerprint density at radius 2 is 2.05 bits per heavy atom. The molecule has 0 aliphatic carbocycles. The molecular formula is C11H12N4O6. The number of aromatic amines is 1. The van der Waals surface area contributed by atoms with Crippen LogP contribution >= 0.6 is 0 Å². The first kappa shape index (κ1) is 14.7. The lowest BCUT2D eigenvalue weighted by atomic mass is 10.2. The number of hydroxylamine groups is 2. The van der Waals surface area contributed by atoms with Crippen molar-refractivity contribution in [2.45, 2.75) is 25.3 Å². The van der Waals surface area contributed by atoms with E-state index in [0.717, 1.165) is 0 Å². The van der Waals surface area contributed by atoms with Crippen molar-refractivity contribution in [2.75, 3.05) is 0 Å². The van der Waals surface area contributed by atoms with Gasteiger partial charge in [0, 0.05) is 31.2 Å². The maximum Gasteiger partial charge on any atom is 0.541 e. The van der Waals surface area contributed by atoms with Gasteiger partial charge < -0.3 is 15.5 Å². The molecule has 0 radical (unpaired) electrons. The van der Waals surface area contributed by atoms with Crippen LogP contribution in [0.5, 0.6) is 0 Å². The van der Waals surface area contributed by atoms with Crippen LogP contribution in [-0.2, 0) is 30.4 Å². The molecule has 0 aromatic carbocycles. The third-order valence-corrected chi connectivity index (χ3v) is 2.65. The van der Waals surface area contributed by atoms with Gasteiger partial charge >= 0.3 is 12.1 Å². The number of imide groups is 1. The third kappa shape index (κ3) is 3.63. The monoisotopic (exact) mass is 296 g/mol. The van der Waals surface area contributed by atoms with Gasteiger partial charge in [-0.15, -0.1) is 0 Å². The number of hydrogen-bond acceptors (Lipinski definition) is 8. The zero-order valence-corrected chi connectivity index (χ0v) is 10.8. The number of aromatic nitrogens is 2. The summed E-state index contributed by atoms with van der Waals surface area (Å²) in [7, 11) is 0. The first-order valence-electron chi connectivity index (χ1n) is 5.99. The first-order chi connectivity index (χ1) is 9.97. The van der Waals surface area contributed by atoms with Crippen molar-refractivity contribution >= 4 is 23.9 Å². The fourth-order valence-corrected chi connectivity index (χ4v) is 1.63. The Morgan fingerprint density at radius 1 is 1.38 bits per heavy atom. The number of esters is 1. The minimum atomic E-state index is -1.48. The topological polar surface area (TPSA) is 145 Å². The standard InChI is InChI=1S/C11H12N4O6/c12-7(3-6-4-13-5-14-6)10(18)20-11(19)21-15-8(16)1-2-9(15)17/h4-5,7H,1-3,12H2,(H,13,14)/t7-/m0/s1. The van der Waals surface area contributed by atoms with Crippen LogP contribution in [0.4, 0.5) is 4.79 Å². The first-order valence-corrected chi connectivity index (χ1v) is 5.99. The number of nitrogens with two attached hydrogens (primary N) is 1. The summed E-state index contributed by atoms with van der Waals surface area (Å²) in [5, 5.41) is 0.274. The maximum atomic E-state index is 11.5. The highest BCUT2D eigenvalue weighted by atomic mass is 16.8. The van der Waals surface area contributed by atoms with Gasteiger partial charge in [0.25, 0.3) is 11.8 Å². The zero-order chi connectivity index (χ0) is 15.4. The van der Waals surface area contributed by atoms with E-state index in [1.54, 1.807) is 0 Å². The smallest absolute Gasteiger partial charge is 0.358 e. The Balaban J connectivity index is 1.83.